The highest BCUT2D eigenvalue weighted by Gasteiger charge is 2.25. The predicted octanol–water partition coefficient (Wildman–Crippen LogP) is 3.65. The maximum absolute atomic E-state index is 10.8. The van der Waals surface area contributed by atoms with Crippen molar-refractivity contribution in [1.29, 1.82) is 0 Å². The van der Waals surface area contributed by atoms with Gasteiger partial charge in [-0.2, -0.15) is 0 Å². The summed E-state index contributed by atoms with van der Waals surface area (Å²) in [6.45, 7) is 6.90. The molecular weight excluding hydrogens is 262 g/mol. The first kappa shape index (κ1) is 15.8. The lowest BCUT2D eigenvalue weighted by Crippen LogP contribution is -2.37. The van der Waals surface area contributed by atoms with Crippen LogP contribution >= 0.6 is 0 Å². The Kier molecular flexibility index (Phi) is 5.23. The third-order valence-corrected chi connectivity index (χ3v) is 4.76. The van der Waals surface area contributed by atoms with Crippen LogP contribution in [0, 0.1) is 11.8 Å². The molecule has 1 aromatic rings. The molecule has 2 rings (SSSR count). The van der Waals surface area contributed by atoms with Crippen molar-refractivity contribution in [2.24, 2.45) is 17.6 Å². The molecule has 0 aliphatic heterocycles. The molecule has 4 atom stereocenters. The van der Waals surface area contributed by atoms with Crippen LogP contribution in [-0.4, -0.2) is 12.1 Å². The number of hydrogen-bond acceptors (Lipinski definition) is 2. The van der Waals surface area contributed by atoms with Gasteiger partial charge in [0.15, 0.2) is 0 Å². The van der Waals surface area contributed by atoms with Gasteiger partial charge in [-0.05, 0) is 55.7 Å². The number of amides is 2. The molecule has 0 aromatic heterocycles. The summed E-state index contributed by atoms with van der Waals surface area (Å²) >= 11 is 0. The lowest BCUT2D eigenvalue weighted by Gasteiger charge is -2.34. The monoisotopic (exact) mass is 289 g/mol. The van der Waals surface area contributed by atoms with Gasteiger partial charge < -0.3 is 16.4 Å². The Morgan fingerprint density at radius 3 is 2.43 bits per heavy atom. The van der Waals surface area contributed by atoms with E-state index in [9.17, 15) is 4.79 Å². The van der Waals surface area contributed by atoms with E-state index >= 15 is 0 Å². The second-order valence-electron chi connectivity index (χ2n) is 6.46. The molecule has 0 saturated heterocycles. The zero-order chi connectivity index (χ0) is 15.4. The Morgan fingerprint density at radius 1 is 1.19 bits per heavy atom. The van der Waals surface area contributed by atoms with Gasteiger partial charge in [0, 0.05) is 17.8 Å². The average molecular weight is 289 g/mol. The molecule has 21 heavy (non-hydrogen) atoms. The van der Waals surface area contributed by atoms with Crippen molar-refractivity contribution in [1.82, 2.24) is 5.32 Å². The zero-order valence-electron chi connectivity index (χ0n) is 13.2. The molecule has 4 N–H and O–H groups in total. The molecular formula is C17H27N3O. The summed E-state index contributed by atoms with van der Waals surface area (Å²) in [5.41, 5.74) is 7.08. The summed E-state index contributed by atoms with van der Waals surface area (Å²) < 4.78 is 0. The van der Waals surface area contributed by atoms with Crippen LogP contribution in [0.25, 0.3) is 0 Å². The Morgan fingerprint density at radius 2 is 1.86 bits per heavy atom. The molecule has 4 heteroatoms. The third-order valence-electron chi connectivity index (χ3n) is 4.76. The molecule has 116 valence electrons. The second-order valence-corrected chi connectivity index (χ2v) is 6.46. The highest BCUT2D eigenvalue weighted by atomic mass is 16.2. The summed E-state index contributed by atoms with van der Waals surface area (Å²) in [4.78, 5) is 10.8. The van der Waals surface area contributed by atoms with E-state index in [-0.39, 0.29) is 0 Å². The molecule has 4 unspecified atom stereocenters. The standard InChI is InChI=1S/C17H27N3O/c1-11-4-7-16(10-12(11)2)19-13(3)14-5-8-15(9-6-14)20-17(18)21/h5-6,8-9,11-13,16,19H,4,7,10H2,1-3H3,(H3,18,20,21). The van der Waals surface area contributed by atoms with Crippen LogP contribution in [0.5, 0.6) is 0 Å². The molecule has 1 fully saturated rings. The molecule has 1 aliphatic carbocycles. The fraction of sp³-hybridized carbons (Fsp3) is 0.588. The van der Waals surface area contributed by atoms with E-state index < -0.39 is 6.03 Å². The Labute approximate surface area is 127 Å². The van der Waals surface area contributed by atoms with E-state index in [2.05, 4.69) is 31.4 Å². The molecule has 1 aliphatic rings. The minimum absolute atomic E-state index is 0.318. The molecule has 2 amide bonds. The molecule has 0 spiro atoms. The highest BCUT2D eigenvalue weighted by molar-refractivity contribution is 5.87. The van der Waals surface area contributed by atoms with Gasteiger partial charge in [-0.3, -0.25) is 0 Å². The predicted molar refractivity (Wildman–Crippen MR) is 87.2 cm³/mol. The fourth-order valence-electron chi connectivity index (χ4n) is 3.15. The number of nitrogens with two attached hydrogens (primary N) is 1. The van der Waals surface area contributed by atoms with Gasteiger partial charge in [0.05, 0.1) is 0 Å². The number of hydrogen-bond donors (Lipinski definition) is 3. The zero-order valence-corrected chi connectivity index (χ0v) is 13.2. The van der Waals surface area contributed by atoms with Gasteiger partial charge >= 0.3 is 6.03 Å². The number of primary amides is 1. The number of urea groups is 1. The van der Waals surface area contributed by atoms with Crippen molar-refractivity contribution in [3.63, 3.8) is 0 Å². The minimum Gasteiger partial charge on any atom is -0.351 e. The van der Waals surface area contributed by atoms with Crippen molar-refractivity contribution in [3.8, 4) is 0 Å². The normalized spacial score (nSPS) is 27.1. The lowest BCUT2D eigenvalue weighted by atomic mass is 9.79. The van der Waals surface area contributed by atoms with Crippen LogP contribution in [0.15, 0.2) is 24.3 Å². The topological polar surface area (TPSA) is 67.2 Å². The van der Waals surface area contributed by atoms with Crippen LogP contribution < -0.4 is 16.4 Å². The third kappa shape index (κ3) is 4.46. The number of anilines is 1. The summed E-state index contributed by atoms with van der Waals surface area (Å²) in [5, 5.41) is 6.32. The summed E-state index contributed by atoms with van der Waals surface area (Å²) in [6.07, 6.45) is 3.83. The van der Waals surface area contributed by atoms with E-state index in [0.717, 1.165) is 17.5 Å². The fourth-order valence-corrected chi connectivity index (χ4v) is 3.15. The summed E-state index contributed by atoms with van der Waals surface area (Å²) in [6, 6.07) is 8.26. The molecule has 0 bridgehead atoms. The van der Waals surface area contributed by atoms with E-state index in [1.807, 2.05) is 24.3 Å². The van der Waals surface area contributed by atoms with Gasteiger partial charge in [0.2, 0.25) is 0 Å². The van der Waals surface area contributed by atoms with Gasteiger partial charge in [0.25, 0.3) is 0 Å². The van der Waals surface area contributed by atoms with Crippen molar-refractivity contribution < 1.29 is 4.79 Å². The van der Waals surface area contributed by atoms with Gasteiger partial charge in [-0.25, -0.2) is 4.79 Å². The van der Waals surface area contributed by atoms with Gasteiger partial charge in [-0.1, -0.05) is 26.0 Å². The van der Waals surface area contributed by atoms with Crippen molar-refractivity contribution in [2.75, 3.05) is 5.32 Å². The molecule has 4 nitrogen and oxygen atoms in total. The quantitative estimate of drug-likeness (QED) is 0.792. The second kappa shape index (κ2) is 6.94. The molecule has 1 aromatic carbocycles. The lowest BCUT2D eigenvalue weighted by molar-refractivity contribution is 0.217. The SMILES string of the molecule is CC(NC1CCC(C)C(C)C1)c1ccc(NC(N)=O)cc1. The van der Waals surface area contributed by atoms with E-state index in [1.54, 1.807) is 0 Å². The Hall–Kier alpha value is -1.55. The van der Waals surface area contributed by atoms with Crippen LogP contribution in [-0.2, 0) is 0 Å². The van der Waals surface area contributed by atoms with Crippen molar-refractivity contribution >= 4 is 11.7 Å². The highest BCUT2D eigenvalue weighted by Crippen LogP contribution is 2.30. The number of nitrogens with one attached hydrogen (secondary N) is 2. The van der Waals surface area contributed by atoms with Crippen molar-refractivity contribution in [3.05, 3.63) is 29.8 Å². The summed E-state index contributed by atoms with van der Waals surface area (Å²) in [5.74, 6) is 1.64. The van der Waals surface area contributed by atoms with Crippen LogP contribution in [0.2, 0.25) is 0 Å². The Balaban J connectivity index is 1.91. The number of carbonyl (C=O) groups excluding carboxylic acids is 1. The maximum Gasteiger partial charge on any atom is 0.316 e. The molecule has 1 saturated carbocycles. The van der Waals surface area contributed by atoms with Crippen LogP contribution in [0.3, 0.4) is 0 Å². The largest absolute Gasteiger partial charge is 0.351 e. The first-order valence-electron chi connectivity index (χ1n) is 7.88. The van der Waals surface area contributed by atoms with Crippen molar-refractivity contribution in [2.45, 2.75) is 52.1 Å². The first-order valence-corrected chi connectivity index (χ1v) is 7.88. The molecule has 0 heterocycles. The average Bonchev–Trinajstić information content (AvgIpc) is 2.43. The van der Waals surface area contributed by atoms with Crippen LogP contribution in [0.1, 0.15) is 51.6 Å². The number of benzene rings is 1. The maximum atomic E-state index is 10.8. The van der Waals surface area contributed by atoms with Crippen LogP contribution in [0.4, 0.5) is 10.5 Å². The van der Waals surface area contributed by atoms with Gasteiger partial charge in [-0.15, -0.1) is 0 Å². The number of carbonyl (C=O) groups is 1. The van der Waals surface area contributed by atoms with Gasteiger partial charge in [0.1, 0.15) is 0 Å². The van der Waals surface area contributed by atoms with E-state index in [4.69, 9.17) is 5.73 Å². The number of rotatable bonds is 4. The molecule has 0 radical (unpaired) electrons. The smallest absolute Gasteiger partial charge is 0.316 e. The summed E-state index contributed by atoms with van der Waals surface area (Å²) in [7, 11) is 0. The minimum atomic E-state index is -0.528. The Bertz CT molecular complexity index is 471. The van der Waals surface area contributed by atoms with E-state index in [1.165, 1.54) is 24.8 Å². The first-order chi connectivity index (χ1) is 9.95. The van der Waals surface area contributed by atoms with E-state index in [0.29, 0.717) is 12.1 Å².